The highest BCUT2D eigenvalue weighted by Gasteiger charge is 2.42. The number of rotatable bonds is 7. The van der Waals surface area contributed by atoms with Crippen molar-refractivity contribution in [1.29, 1.82) is 0 Å². The minimum Gasteiger partial charge on any atom is -0.423 e. The first-order chi connectivity index (χ1) is 14.5. The quantitative estimate of drug-likeness (QED) is 0.350. The minimum atomic E-state index is -0.898. The second-order valence-electron chi connectivity index (χ2n) is 7.01. The van der Waals surface area contributed by atoms with Gasteiger partial charge in [0, 0.05) is 17.9 Å². The summed E-state index contributed by atoms with van der Waals surface area (Å²) in [6.45, 7) is 3.71. The molecule has 1 amide bonds. The molecular formula is C22H22N2O4S2. The van der Waals surface area contributed by atoms with Gasteiger partial charge in [0.05, 0.1) is 10.2 Å². The van der Waals surface area contributed by atoms with Crippen molar-refractivity contribution >= 4 is 51.1 Å². The van der Waals surface area contributed by atoms with Crippen LogP contribution in [0.3, 0.4) is 0 Å². The Morgan fingerprint density at radius 1 is 1.27 bits per heavy atom. The number of hydrogen-bond donors (Lipinski definition) is 0. The summed E-state index contributed by atoms with van der Waals surface area (Å²) in [5, 5.41) is 0. The predicted octanol–water partition coefficient (Wildman–Crippen LogP) is 5.60. The van der Waals surface area contributed by atoms with Crippen LogP contribution in [-0.2, 0) is 20.0 Å². The van der Waals surface area contributed by atoms with Crippen LogP contribution in [0.2, 0.25) is 0 Å². The van der Waals surface area contributed by atoms with E-state index in [0.717, 1.165) is 20.3 Å². The number of hydrogen-bond acceptors (Lipinski definition) is 7. The summed E-state index contributed by atoms with van der Waals surface area (Å²) in [6.07, 6.45) is -0.425. The molecule has 3 aromatic rings. The Morgan fingerprint density at radius 3 is 2.83 bits per heavy atom. The van der Waals surface area contributed by atoms with E-state index in [1.54, 1.807) is 23.1 Å². The maximum atomic E-state index is 12.4. The number of carbonyl (C=O) groups excluding carboxylic acids is 2. The summed E-state index contributed by atoms with van der Waals surface area (Å²) >= 11 is 3.29. The summed E-state index contributed by atoms with van der Waals surface area (Å²) in [5.41, 5.74) is 2.85. The number of thiazole rings is 1. The first-order valence-electron chi connectivity index (χ1n) is 9.82. The molecule has 1 aliphatic rings. The van der Waals surface area contributed by atoms with Crippen LogP contribution >= 0.6 is 23.1 Å². The van der Waals surface area contributed by atoms with Gasteiger partial charge in [0.15, 0.2) is 4.34 Å². The molecule has 0 saturated carbocycles. The first kappa shape index (κ1) is 20.7. The lowest BCUT2D eigenvalue weighted by Crippen LogP contribution is -2.35. The average Bonchev–Trinajstić information content (AvgIpc) is 3.26. The van der Waals surface area contributed by atoms with E-state index in [2.05, 4.69) is 17.1 Å². The van der Waals surface area contributed by atoms with Gasteiger partial charge in [-0.3, -0.25) is 9.69 Å². The molecule has 0 aliphatic carbocycles. The molecule has 2 heterocycles. The molecule has 1 unspecified atom stereocenters. The summed E-state index contributed by atoms with van der Waals surface area (Å²) in [5.74, 6) is 0.496. The van der Waals surface area contributed by atoms with E-state index in [0.29, 0.717) is 18.5 Å². The van der Waals surface area contributed by atoms with Gasteiger partial charge in [-0.15, -0.1) is 11.3 Å². The molecule has 30 heavy (non-hydrogen) atoms. The first-order valence-corrected chi connectivity index (χ1v) is 11.6. The third-order valence-electron chi connectivity index (χ3n) is 4.75. The van der Waals surface area contributed by atoms with Crippen molar-refractivity contribution in [2.24, 2.45) is 0 Å². The van der Waals surface area contributed by atoms with Gasteiger partial charge in [-0.2, -0.15) is 0 Å². The Balaban J connectivity index is 1.49. The van der Waals surface area contributed by atoms with E-state index in [9.17, 15) is 9.59 Å². The minimum absolute atomic E-state index is 0.303. The van der Waals surface area contributed by atoms with Gasteiger partial charge in [-0.25, -0.2) is 9.78 Å². The Hall–Kier alpha value is -2.58. The molecule has 0 spiro atoms. The Morgan fingerprint density at radius 2 is 2.07 bits per heavy atom. The molecule has 4 rings (SSSR count). The number of amides is 1. The standard InChI is InChI=1S/C22H22N2O4S2/c1-3-7-19(25)27-20-14(2)24(22(26)28-20)16-10-11-17-18(12-16)30-21(23-17)29-13-15-8-5-4-6-9-15/h4-6,8-12,14,20H,3,7,13H2,1-2H3/t14?,20-/m1/s1. The Labute approximate surface area is 183 Å². The molecule has 1 aromatic heterocycles. The molecule has 1 saturated heterocycles. The number of thioether (sulfide) groups is 1. The fourth-order valence-electron chi connectivity index (χ4n) is 3.22. The zero-order valence-corrected chi connectivity index (χ0v) is 18.4. The zero-order chi connectivity index (χ0) is 21.1. The van der Waals surface area contributed by atoms with Crippen molar-refractivity contribution in [2.45, 2.75) is 49.1 Å². The number of carbonyl (C=O) groups is 2. The van der Waals surface area contributed by atoms with Crippen LogP contribution in [0, 0.1) is 0 Å². The lowest BCUT2D eigenvalue weighted by molar-refractivity contribution is -0.165. The molecule has 2 aromatic carbocycles. The molecule has 0 bridgehead atoms. The van der Waals surface area contributed by atoms with Crippen LogP contribution in [-0.4, -0.2) is 29.4 Å². The monoisotopic (exact) mass is 442 g/mol. The highest BCUT2D eigenvalue weighted by Crippen LogP contribution is 2.35. The Bertz CT molecular complexity index is 1050. The van der Waals surface area contributed by atoms with E-state index < -0.39 is 18.4 Å². The number of cyclic esters (lactones) is 1. The van der Waals surface area contributed by atoms with Crippen molar-refractivity contribution in [3.05, 3.63) is 54.1 Å². The third kappa shape index (κ3) is 4.44. The van der Waals surface area contributed by atoms with Gasteiger partial charge < -0.3 is 9.47 Å². The number of anilines is 1. The van der Waals surface area contributed by atoms with Crippen molar-refractivity contribution in [2.75, 3.05) is 4.90 Å². The molecule has 1 aliphatic heterocycles. The van der Waals surface area contributed by atoms with Gasteiger partial charge in [0.25, 0.3) is 6.29 Å². The zero-order valence-electron chi connectivity index (χ0n) is 16.7. The molecular weight excluding hydrogens is 420 g/mol. The van der Waals surface area contributed by atoms with Crippen molar-refractivity contribution in [3.63, 3.8) is 0 Å². The lowest BCUT2D eigenvalue weighted by atomic mass is 10.2. The second-order valence-corrected chi connectivity index (χ2v) is 9.26. The summed E-state index contributed by atoms with van der Waals surface area (Å²) in [7, 11) is 0. The number of benzene rings is 2. The highest BCUT2D eigenvalue weighted by molar-refractivity contribution is 8.00. The van der Waals surface area contributed by atoms with E-state index >= 15 is 0 Å². The number of esters is 1. The SMILES string of the molecule is CCCC(=O)O[C@@H]1OC(=O)N(c2ccc3nc(SCc4ccccc4)sc3c2)C1C. The summed E-state index contributed by atoms with van der Waals surface area (Å²) in [4.78, 5) is 30.4. The van der Waals surface area contributed by atoms with Gasteiger partial charge in [-0.05, 0) is 37.1 Å². The maximum absolute atomic E-state index is 12.4. The van der Waals surface area contributed by atoms with Crippen LogP contribution in [0.25, 0.3) is 10.2 Å². The molecule has 0 N–H and O–H groups in total. The average molecular weight is 443 g/mol. The Kier molecular flexibility index (Phi) is 6.24. The normalized spacial score (nSPS) is 18.6. The molecule has 1 fully saturated rings. The highest BCUT2D eigenvalue weighted by atomic mass is 32.2. The smallest absolute Gasteiger partial charge is 0.417 e. The van der Waals surface area contributed by atoms with Crippen LogP contribution in [0.1, 0.15) is 32.3 Å². The number of fused-ring (bicyclic) bond motifs is 1. The lowest BCUT2D eigenvalue weighted by Gasteiger charge is -2.20. The number of nitrogens with zero attached hydrogens (tertiary/aromatic N) is 2. The largest absolute Gasteiger partial charge is 0.423 e. The summed E-state index contributed by atoms with van der Waals surface area (Å²) in [6, 6.07) is 15.6. The van der Waals surface area contributed by atoms with Crippen LogP contribution < -0.4 is 4.90 Å². The summed E-state index contributed by atoms with van der Waals surface area (Å²) < 4.78 is 12.6. The second kappa shape index (κ2) is 9.06. The molecule has 6 nitrogen and oxygen atoms in total. The van der Waals surface area contributed by atoms with Crippen molar-refractivity contribution < 1.29 is 19.1 Å². The fourth-order valence-corrected chi connectivity index (χ4v) is 5.28. The van der Waals surface area contributed by atoms with Gasteiger partial charge in [0.1, 0.15) is 6.04 Å². The van der Waals surface area contributed by atoms with Crippen LogP contribution in [0.4, 0.5) is 10.5 Å². The maximum Gasteiger partial charge on any atom is 0.417 e. The van der Waals surface area contributed by atoms with Gasteiger partial charge >= 0.3 is 12.1 Å². The molecule has 156 valence electrons. The van der Waals surface area contributed by atoms with Gasteiger partial charge in [0.2, 0.25) is 0 Å². The third-order valence-corrected chi connectivity index (χ3v) is 6.98. The van der Waals surface area contributed by atoms with E-state index in [1.165, 1.54) is 10.5 Å². The van der Waals surface area contributed by atoms with Crippen molar-refractivity contribution in [3.8, 4) is 0 Å². The predicted molar refractivity (Wildman–Crippen MR) is 119 cm³/mol. The topological polar surface area (TPSA) is 68.7 Å². The van der Waals surface area contributed by atoms with E-state index in [-0.39, 0.29) is 5.97 Å². The van der Waals surface area contributed by atoms with E-state index in [4.69, 9.17) is 9.47 Å². The fraction of sp³-hybridized carbons (Fsp3) is 0.318. The van der Waals surface area contributed by atoms with Gasteiger partial charge in [-0.1, -0.05) is 49.0 Å². The molecule has 2 atom stereocenters. The molecule has 8 heteroatoms. The van der Waals surface area contributed by atoms with Crippen LogP contribution in [0.15, 0.2) is 52.9 Å². The number of aromatic nitrogens is 1. The van der Waals surface area contributed by atoms with Crippen molar-refractivity contribution in [1.82, 2.24) is 4.98 Å². The van der Waals surface area contributed by atoms with E-state index in [1.807, 2.05) is 50.2 Å². The van der Waals surface area contributed by atoms with Crippen LogP contribution in [0.5, 0.6) is 0 Å². The molecule has 0 radical (unpaired) electrons. The number of ether oxygens (including phenoxy) is 2.